The number of nitrogens with one attached hydrogen (secondary N) is 2. The molecule has 39 heavy (non-hydrogen) atoms. The molecule has 0 bridgehead atoms. The Kier molecular flexibility index (Phi) is 10.3. The highest BCUT2D eigenvalue weighted by atomic mass is 16.6. The van der Waals surface area contributed by atoms with Crippen LogP contribution < -0.4 is 10.6 Å². The lowest BCUT2D eigenvalue weighted by atomic mass is 9.88. The van der Waals surface area contributed by atoms with E-state index in [2.05, 4.69) is 10.6 Å². The molecule has 1 heterocycles. The molecular formula is C30H30N2O7. The Morgan fingerprint density at radius 1 is 0.872 bits per heavy atom. The molecule has 9 nitrogen and oxygen atoms in total. The molecule has 0 aromatic rings. The molecule has 4 N–H and O–H groups in total. The molecule has 3 rings (SSSR count). The van der Waals surface area contributed by atoms with Crippen molar-refractivity contribution in [2.24, 2.45) is 0 Å². The molecule has 0 saturated carbocycles. The SMILES string of the molecule is C\C=C/C=C\C=C\C=C\C(=O)NC1=C[C@@](O)(/C=C/C=C/C=C/C=C/C(=O)NC2=C(O)CCC2=O)[C@@H]2O[C@@H]2C1=O. The predicted molar refractivity (Wildman–Crippen MR) is 146 cm³/mol. The van der Waals surface area contributed by atoms with Crippen LogP contribution in [-0.4, -0.2) is 51.4 Å². The fourth-order valence-electron chi connectivity index (χ4n) is 3.69. The summed E-state index contributed by atoms with van der Waals surface area (Å²) in [5, 5.41) is 25.4. The second kappa shape index (κ2) is 13.8. The Morgan fingerprint density at radius 2 is 1.44 bits per heavy atom. The van der Waals surface area contributed by atoms with Gasteiger partial charge in [-0.2, -0.15) is 0 Å². The maximum atomic E-state index is 12.4. The minimum absolute atomic E-state index is 0.0387. The Bertz CT molecular complexity index is 1300. The van der Waals surface area contributed by atoms with E-state index in [1.54, 1.807) is 48.6 Å². The third-order valence-corrected chi connectivity index (χ3v) is 5.67. The van der Waals surface area contributed by atoms with Gasteiger partial charge < -0.3 is 25.6 Å². The standard InChI is InChI=1S/C30H30N2O7/c1-2-3-4-5-6-9-12-15-24(35)31-21-20-30(38,29-28(39-29)27(21)37)19-14-11-8-7-10-13-16-25(36)32-26-22(33)17-18-23(26)34/h2-16,19-20,28-29,33,38H,17-18H2,1H3,(H,31,35)(H,32,36)/b3-2-,5-4-,9-6+,10-7+,11-8+,15-12+,16-13+,19-14+/t28-,29-,30+/m1/s1. The van der Waals surface area contributed by atoms with E-state index in [1.807, 2.05) is 25.2 Å². The van der Waals surface area contributed by atoms with Gasteiger partial charge in [-0.25, -0.2) is 0 Å². The number of ketones is 2. The zero-order valence-electron chi connectivity index (χ0n) is 21.3. The zero-order valence-corrected chi connectivity index (χ0v) is 21.3. The van der Waals surface area contributed by atoms with Gasteiger partial charge in [0.2, 0.25) is 17.6 Å². The Hall–Kier alpha value is -4.60. The molecule has 202 valence electrons. The monoisotopic (exact) mass is 530 g/mol. The summed E-state index contributed by atoms with van der Waals surface area (Å²) in [6.07, 6.45) is 26.0. The molecule has 0 spiro atoms. The van der Waals surface area contributed by atoms with E-state index >= 15 is 0 Å². The van der Waals surface area contributed by atoms with Gasteiger partial charge in [0.1, 0.15) is 23.2 Å². The van der Waals surface area contributed by atoms with Gasteiger partial charge in [0.05, 0.1) is 5.70 Å². The van der Waals surface area contributed by atoms with Gasteiger partial charge in [-0.3, -0.25) is 19.2 Å². The Labute approximate surface area is 226 Å². The van der Waals surface area contributed by atoms with Crippen molar-refractivity contribution < 1.29 is 34.1 Å². The van der Waals surface area contributed by atoms with E-state index in [1.165, 1.54) is 36.5 Å². The van der Waals surface area contributed by atoms with Crippen molar-refractivity contribution in [2.45, 2.75) is 37.6 Å². The number of aliphatic hydroxyl groups excluding tert-OH is 1. The number of ether oxygens (including phenoxy) is 1. The van der Waals surface area contributed by atoms with Gasteiger partial charge in [-0.1, -0.05) is 79.0 Å². The summed E-state index contributed by atoms with van der Waals surface area (Å²) in [5.74, 6) is -1.87. The molecule has 0 aromatic carbocycles. The number of epoxide rings is 1. The normalized spacial score (nSPS) is 25.6. The predicted octanol–water partition coefficient (Wildman–Crippen LogP) is 2.79. The fourth-order valence-corrected chi connectivity index (χ4v) is 3.69. The summed E-state index contributed by atoms with van der Waals surface area (Å²) >= 11 is 0. The molecule has 0 unspecified atom stereocenters. The highest BCUT2D eigenvalue weighted by molar-refractivity contribution is 6.06. The number of hydrogen-bond donors (Lipinski definition) is 4. The summed E-state index contributed by atoms with van der Waals surface area (Å²) in [6.45, 7) is 1.90. The van der Waals surface area contributed by atoms with Crippen LogP contribution in [-0.2, 0) is 23.9 Å². The lowest BCUT2D eigenvalue weighted by Gasteiger charge is -2.23. The van der Waals surface area contributed by atoms with Gasteiger partial charge in [0, 0.05) is 25.0 Å². The molecule has 0 radical (unpaired) electrons. The molecular weight excluding hydrogens is 500 g/mol. The summed E-state index contributed by atoms with van der Waals surface area (Å²) in [4.78, 5) is 48.0. The quantitative estimate of drug-likeness (QED) is 0.183. The van der Waals surface area contributed by atoms with Gasteiger partial charge >= 0.3 is 0 Å². The molecule has 2 aliphatic carbocycles. The van der Waals surface area contributed by atoms with E-state index in [-0.39, 0.29) is 35.8 Å². The Balaban J connectivity index is 1.51. The van der Waals surface area contributed by atoms with Crippen molar-refractivity contribution in [2.75, 3.05) is 0 Å². The van der Waals surface area contributed by atoms with Crippen LogP contribution in [0.3, 0.4) is 0 Å². The van der Waals surface area contributed by atoms with Crippen LogP contribution >= 0.6 is 0 Å². The lowest BCUT2D eigenvalue weighted by molar-refractivity contribution is -0.121. The van der Waals surface area contributed by atoms with Gasteiger partial charge in [0.15, 0.2) is 11.9 Å². The smallest absolute Gasteiger partial charge is 0.248 e. The average Bonchev–Trinajstić information content (AvgIpc) is 3.67. The second-order valence-corrected chi connectivity index (χ2v) is 8.65. The molecule has 0 aromatic heterocycles. The first-order valence-corrected chi connectivity index (χ1v) is 12.3. The van der Waals surface area contributed by atoms with E-state index in [9.17, 15) is 29.4 Å². The number of Topliss-reactive ketones (excluding diaryl/α,β-unsaturated/α-hetero) is 2. The van der Waals surface area contributed by atoms with Crippen LogP contribution in [0.1, 0.15) is 19.8 Å². The molecule has 3 aliphatic rings. The van der Waals surface area contributed by atoms with Crippen molar-refractivity contribution in [3.05, 3.63) is 120 Å². The summed E-state index contributed by atoms with van der Waals surface area (Å²) in [6, 6.07) is 0. The number of rotatable bonds is 11. The average molecular weight is 531 g/mol. The van der Waals surface area contributed by atoms with Crippen molar-refractivity contribution in [3.8, 4) is 0 Å². The topological polar surface area (TPSA) is 145 Å². The molecule has 1 fully saturated rings. The molecule has 3 atom stereocenters. The van der Waals surface area contributed by atoms with Crippen LogP contribution in [0.2, 0.25) is 0 Å². The number of amides is 2. The number of fused-ring (bicyclic) bond motifs is 1. The van der Waals surface area contributed by atoms with Gasteiger partial charge in [-0.05, 0) is 19.1 Å². The summed E-state index contributed by atoms with van der Waals surface area (Å²) < 4.78 is 5.33. The van der Waals surface area contributed by atoms with Gasteiger partial charge in [0.25, 0.3) is 0 Å². The van der Waals surface area contributed by atoms with E-state index in [4.69, 9.17) is 4.74 Å². The second-order valence-electron chi connectivity index (χ2n) is 8.65. The van der Waals surface area contributed by atoms with Gasteiger partial charge in [-0.15, -0.1) is 0 Å². The third kappa shape index (κ3) is 8.46. The lowest BCUT2D eigenvalue weighted by Crippen LogP contribution is -2.42. The first kappa shape index (κ1) is 29.0. The highest BCUT2D eigenvalue weighted by Crippen LogP contribution is 2.40. The molecule has 9 heteroatoms. The van der Waals surface area contributed by atoms with Crippen LogP contribution in [0.15, 0.2) is 120 Å². The zero-order chi connectivity index (χ0) is 28.3. The van der Waals surface area contributed by atoms with Crippen LogP contribution in [0, 0.1) is 0 Å². The molecule has 1 aliphatic heterocycles. The van der Waals surface area contributed by atoms with E-state index in [0.29, 0.717) is 0 Å². The summed E-state index contributed by atoms with van der Waals surface area (Å²) in [7, 11) is 0. The minimum atomic E-state index is -1.58. The maximum absolute atomic E-state index is 12.4. The fraction of sp³-hybridized carbons (Fsp3) is 0.200. The highest BCUT2D eigenvalue weighted by Gasteiger charge is 2.59. The number of hydrogen-bond acceptors (Lipinski definition) is 7. The molecule has 1 saturated heterocycles. The first-order chi connectivity index (χ1) is 18.7. The molecule has 2 amide bonds. The largest absolute Gasteiger partial charge is 0.510 e. The first-order valence-electron chi connectivity index (χ1n) is 12.3. The summed E-state index contributed by atoms with van der Waals surface area (Å²) in [5.41, 5.74) is -1.67. The van der Waals surface area contributed by atoms with Crippen LogP contribution in [0.25, 0.3) is 0 Å². The van der Waals surface area contributed by atoms with Crippen molar-refractivity contribution >= 4 is 23.4 Å². The minimum Gasteiger partial charge on any atom is -0.510 e. The number of carbonyl (C=O) groups excluding carboxylic acids is 4. The van der Waals surface area contributed by atoms with Crippen LogP contribution in [0.4, 0.5) is 0 Å². The number of allylic oxidation sites excluding steroid dienone is 15. The number of carbonyl (C=O) groups is 4. The van der Waals surface area contributed by atoms with Crippen molar-refractivity contribution in [1.82, 2.24) is 10.6 Å². The maximum Gasteiger partial charge on any atom is 0.248 e. The Morgan fingerprint density at radius 3 is 2.03 bits per heavy atom. The number of aliphatic hydroxyl groups is 2. The van der Waals surface area contributed by atoms with Crippen LogP contribution in [0.5, 0.6) is 0 Å². The van der Waals surface area contributed by atoms with Crippen molar-refractivity contribution in [3.63, 3.8) is 0 Å². The van der Waals surface area contributed by atoms with Crippen molar-refractivity contribution in [1.29, 1.82) is 0 Å². The van der Waals surface area contributed by atoms with E-state index in [0.717, 1.165) is 0 Å². The third-order valence-electron chi connectivity index (χ3n) is 5.67. The van der Waals surface area contributed by atoms with E-state index < -0.39 is 35.4 Å².